The smallest absolute Gasteiger partial charge is 0.191 e. The van der Waals surface area contributed by atoms with Crippen LogP contribution in [0.15, 0.2) is 52.1 Å². The average Bonchev–Trinajstić information content (AvgIpc) is 3.18. The van der Waals surface area contributed by atoms with Crippen molar-refractivity contribution < 1.29 is 14.3 Å². The summed E-state index contributed by atoms with van der Waals surface area (Å²) in [7, 11) is 0. The van der Waals surface area contributed by atoms with Gasteiger partial charge in [-0.05, 0) is 49.6 Å². The molecule has 1 aromatic carbocycles. The van der Waals surface area contributed by atoms with Crippen LogP contribution < -0.4 is 15.4 Å². The highest BCUT2D eigenvalue weighted by Gasteiger charge is 2.26. The lowest BCUT2D eigenvalue weighted by Gasteiger charge is -2.22. The number of hydrogen-bond donors (Lipinski definition) is 3. The molecule has 3 N–H and O–H groups in total. The van der Waals surface area contributed by atoms with Crippen molar-refractivity contribution in [3.63, 3.8) is 0 Å². The summed E-state index contributed by atoms with van der Waals surface area (Å²) in [4.78, 5) is 4.60. The number of aliphatic hydroxyl groups is 1. The van der Waals surface area contributed by atoms with Gasteiger partial charge in [0, 0.05) is 6.54 Å². The van der Waals surface area contributed by atoms with E-state index in [-0.39, 0.29) is 6.54 Å². The highest BCUT2D eigenvalue weighted by Crippen LogP contribution is 2.19. The minimum absolute atomic E-state index is 0.282. The molecule has 0 aliphatic rings. The van der Waals surface area contributed by atoms with Gasteiger partial charge in [0.05, 0.1) is 26.0 Å². The summed E-state index contributed by atoms with van der Waals surface area (Å²) in [6.45, 7) is 10.2. The Morgan fingerprint density at radius 1 is 1.26 bits per heavy atom. The summed E-state index contributed by atoms with van der Waals surface area (Å²) in [5, 5.41) is 16.9. The molecule has 0 saturated carbocycles. The molecule has 0 fully saturated rings. The zero-order valence-corrected chi connectivity index (χ0v) is 16.7. The molecule has 6 heteroatoms. The van der Waals surface area contributed by atoms with Crippen molar-refractivity contribution in [3.8, 4) is 5.75 Å². The predicted octanol–water partition coefficient (Wildman–Crippen LogP) is 3.28. The van der Waals surface area contributed by atoms with Crippen molar-refractivity contribution in [1.82, 2.24) is 10.6 Å². The summed E-state index contributed by atoms with van der Waals surface area (Å²) >= 11 is 0. The second kappa shape index (κ2) is 10.0. The maximum absolute atomic E-state index is 10.6. The molecule has 148 valence electrons. The fourth-order valence-corrected chi connectivity index (χ4v) is 2.44. The Labute approximate surface area is 161 Å². The second-order valence-electron chi connectivity index (χ2n) is 7.15. The molecule has 1 heterocycles. The Hall–Kier alpha value is -2.47. The summed E-state index contributed by atoms with van der Waals surface area (Å²) in [6.07, 6.45) is 1.55. The fourth-order valence-electron chi connectivity index (χ4n) is 2.44. The molecule has 0 saturated heterocycles. The third-order valence-corrected chi connectivity index (χ3v) is 3.90. The van der Waals surface area contributed by atoms with Crippen LogP contribution in [-0.2, 0) is 12.1 Å². The van der Waals surface area contributed by atoms with E-state index in [0.717, 1.165) is 17.9 Å². The molecular formula is C21H31N3O3. The van der Waals surface area contributed by atoms with Gasteiger partial charge >= 0.3 is 0 Å². The molecule has 27 heavy (non-hydrogen) atoms. The van der Waals surface area contributed by atoms with Gasteiger partial charge < -0.3 is 24.9 Å². The molecule has 0 aliphatic carbocycles. The van der Waals surface area contributed by atoms with E-state index in [1.54, 1.807) is 25.3 Å². The molecule has 1 atom stereocenters. The Balaban J connectivity index is 1.97. The van der Waals surface area contributed by atoms with Gasteiger partial charge in [-0.3, -0.25) is 0 Å². The zero-order valence-electron chi connectivity index (χ0n) is 16.7. The number of nitrogens with one attached hydrogen (secondary N) is 2. The second-order valence-corrected chi connectivity index (χ2v) is 7.15. The van der Waals surface area contributed by atoms with Gasteiger partial charge in [-0.25, -0.2) is 4.99 Å². The lowest BCUT2D eigenvalue weighted by Crippen LogP contribution is -2.44. The maximum atomic E-state index is 10.6. The van der Waals surface area contributed by atoms with Crippen LogP contribution in [0.2, 0.25) is 0 Å². The van der Waals surface area contributed by atoms with Crippen molar-refractivity contribution in [2.75, 3.05) is 19.7 Å². The molecular weight excluding hydrogens is 342 g/mol. The number of furan rings is 1. The van der Waals surface area contributed by atoms with Crippen molar-refractivity contribution in [2.24, 2.45) is 10.9 Å². The van der Waals surface area contributed by atoms with E-state index in [2.05, 4.69) is 29.5 Å². The van der Waals surface area contributed by atoms with Crippen molar-refractivity contribution in [3.05, 3.63) is 54.0 Å². The van der Waals surface area contributed by atoms with Crippen LogP contribution in [0.5, 0.6) is 5.75 Å². The van der Waals surface area contributed by atoms with E-state index < -0.39 is 5.60 Å². The van der Waals surface area contributed by atoms with E-state index in [0.29, 0.717) is 30.8 Å². The quantitative estimate of drug-likeness (QED) is 0.464. The Bertz CT molecular complexity index is 709. The third kappa shape index (κ3) is 6.98. The summed E-state index contributed by atoms with van der Waals surface area (Å²) in [6, 6.07) is 11.5. The maximum Gasteiger partial charge on any atom is 0.191 e. The molecule has 6 nitrogen and oxygen atoms in total. The van der Waals surface area contributed by atoms with Crippen LogP contribution in [0.25, 0.3) is 0 Å². The molecule has 1 unspecified atom stereocenters. The molecule has 2 rings (SSSR count). The molecule has 0 radical (unpaired) electrons. The summed E-state index contributed by atoms with van der Waals surface area (Å²) < 4.78 is 11.1. The van der Waals surface area contributed by atoms with Gasteiger partial charge in [-0.1, -0.05) is 26.0 Å². The predicted molar refractivity (Wildman–Crippen MR) is 108 cm³/mol. The van der Waals surface area contributed by atoms with Crippen molar-refractivity contribution in [1.29, 1.82) is 0 Å². The molecule has 1 aromatic heterocycles. The summed E-state index contributed by atoms with van der Waals surface area (Å²) in [5.41, 5.74) is -0.0594. The minimum Gasteiger partial charge on any atom is -0.493 e. The number of guanidine groups is 1. The monoisotopic (exact) mass is 373 g/mol. The van der Waals surface area contributed by atoms with E-state index in [9.17, 15) is 5.11 Å². The average molecular weight is 373 g/mol. The first kappa shape index (κ1) is 20.8. The number of rotatable bonds is 9. The summed E-state index contributed by atoms with van der Waals surface area (Å²) in [5.74, 6) is 2.49. The van der Waals surface area contributed by atoms with Gasteiger partial charge in [0.2, 0.25) is 0 Å². The molecule has 0 aliphatic heterocycles. The lowest BCUT2D eigenvalue weighted by molar-refractivity contribution is 0.0386. The molecule has 2 aromatic rings. The lowest BCUT2D eigenvalue weighted by atomic mass is 10.0. The first-order valence-corrected chi connectivity index (χ1v) is 9.41. The standard InChI is InChI=1S/C21H31N3O3/c1-5-22-20(24-15-21(4,25)19-10-7-11-26-19)23-13-17-8-6-9-18(12-17)27-14-16(2)3/h6-12,16,25H,5,13-15H2,1-4H3,(H2,22,23,24). The van der Waals surface area contributed by atoms with E-state index in [1.807, 2.05) is 31.2 Å². The fraction of sp³-hybridized carbons (Fsp3) is 0.476. The first-order chi connectivity index (χ1) is 12.9. The van der Waals surface area contributed by atoms with Gasteiger partial charge in [0.1, 0.15) is 17.1 Å². The Kier molecular flexibility index (Phi) is 7.73. The number of hydrogen-bond acceptors (Lipinski definition) is 4. The van der Waals surface area contributed by atoms with Crippen molar-refractivity contribution >= 4 is 5.96 Å². The minimum atomic E-state index is -1.12. The van der Waals surface area contributed by atoms with Crippen molar-refractivity contribution in [2.45, 2.75) is 39.8 Å². The van der Waals surface area contributed by atoms with Gasteiger partial charge in [0.15, 0.2) is 5.96 Å². The van der Waals surface area contributed by atoms with E-state index >= 15 is 0 Å². The van der Waals surface area contributed by atoms with Crippen LogP contribution >= 0.6 is 0 Å². The molecule has 0 bridgehead atoms. The van der Waals surface area contributed by atoms with E-state index in [1.165, 1.54) is 0 Å². The van der Waals surface area contributed by atoms with Crippen LogP contribution in [0.1, 0.15) is 39.0 Å². The topological polar surface area (TPSA) is 79.0 Å². The largest absolute Gasteiger partial charge is 0.493 e. The highest BCUT2D eigenvalue weighted by molar-refractivity contribution is 5.79. The van der Waals surface area contributed by atoms with Crippen LogP contribution in [-0.4, -0.2) is 30.8 Å². The Morgan fingerprint density at radius 2 is 2.07 bits per heavy atom. The number of ether oxygens (including phenoxy) is 1. The SMILES string of the molecule is CCNC(=NCc1cccc(OCC(C)C)c1)NCC(C)(O)c1ccco1. The van der Waals surface area contributed by atoms with Gasteiger partial charge in [-0.2, -0.15) is 0 Å². The first-order valence-electron chi connectivity index (χ1n) is 9.41. The number of benzene rings is 1. The third-order valence-electron chi connectivity index (χ3n) is 3.90. The number of nitrogens with zero attached hydrogens (tertiary/aromatic N) is 1. The van der Waals surface area contributed by atoms with Crippen LogP contribution in [0, 0.1) is 5.92 Å². The van der Waals surface area contributed by atoms with Gasteiger partial charge in [0.25, 0.3) is 0 Å². The normalized spacial score (nSPS) is 14.1. The van der Waals surface area contributed by atoms with Crippen LogP contribution in [0.4, 0.5) is 0 Å². The molecule has 0 amide bonds. The number of aliphatic imine (C=N–C) groups is 1. The van der Waals surface area contributed by atoms with Gasteiger partial charge in [-0.15, -0.1) is 0 Å². The zero-order chi connectivity index (χ0) is 19.7. The van der Waals surface area contributed by atoms with Crippen LogP contribution in [0.3, 0.4) is 0 Å². The highest BCUT2D eigenvalue weighted by atomic mass is 16.5. The van der Waals surface area contributed by atoms with E-state index in [4.69, 9.17) is 9.15 Å². The molecule has 0 spiro atoms. The Morgan fingerprint density at radius 3 is 2.74 bits per heavy atom.